The second-order valence-corrected chi connectivity index (χ2v) is 2.63. The number of ether oxygens (including phenoxy) is 1. The Bertz CT molecular complexity index is 326. The van der Waals surface area contributed by atoms with E-state index in [1.165, 1.54) is 19.2 Å². The molecule has 0 amide bonds. The summed E-state index contributed by atoms with van der Waals surface area (Å²) in [5, 5.41) is 9.16. The van der Waals surface area contributed by atoms with Crippen LogP contribution in [0.1, 0.15) is 11.7 Å². The molecule has 0 aliphatic carbocycles. The predicted molar refractivity (Wildman–Crippen MR) is 48.1 cm³/mol. The molecule has 1 aromatic rings. The van der Waals surface area contributed by atoms with Crippen LogP contribution in [0.5, 0.6) is 5.75 Å². The number of methoxy groups -OCH3 is 1. The van der Waals surface area contributed by atoms with Crippen molar-refractivity contribution >= 4 is 5.97 Å². The van der Waals surface area contributed by atoms with Crippen molar-refractivity contribution in [3.63, 3.8) is 0 Å². The van der Waals surface area contributed by atoms with E-state index in [0.717, 1.165) is 0 Å². The molecule has 3 N–H and O–H groups in total. The number of esters is 1. The molecule has 1 unspecified atom stereocenters. The van der Waals surface area contributed by atoms with Crippen molar-refractivity contribution in [3.05, 3.63) is 29.8 Å². The Balaban J connectivity index is 2.94. The first kappa shape index (κ1) is 10.5. The SMILES string of the molecule is COC(=O)C(ON)c1cccc(O)c1. The number of carbonyl (C=O) groups excluding carboxylic acids is 1. The molecular formula is C9H11NO4. The van der Waals surface area contributed by atoms with E-state index in [1.807, 2.05) is 0 Å². The number of benzene rings is 1. The van der Waals surface area contributed by atoms with Gasteiger partial charge in [0.2, 0.25) is 6.10 Å². The lowest BCUT2D eigenvalue weighted by molar-refractivity contribution is -0.155. The van der Waals surface area contributed by atoms with Gasteiger partial charge in [-0.15, -0.1) is 0 Å². The molecular weight excluding hydrogens is 186 g/mol. The van der Waals surface area contributed by atoms with Crippen molar-refractivity contribution in [2.75, 3.05) is 7.11 Å². The average Bonchev–Trinajstić information content (AvgIpc) is 2.19. The zero-order chi connectivity index (χ0) is 10.6. The highest BCUT2D eigenvalue weighted by Gasteiger charge is 2.21. The monoisotopic (exact) mass is 197 g/mol. The fourth-order valence-electron chi connectivity index (χ4n) is 1.07. The molecule has 0 saturated heterocycles. The molecule has 0 aromatic heterocycles. The molecule has 0 aliphatic rings. The van der Waals surface area contributed by atoms with Gasteiger partial charge >= 0.3 is 5.97 Å². The summed E-state index contributed by atoms with van der Waals surface area (Å²) in [6.07, 6.45) is -1.01. The molecule has 0 radical (unpaired) electrons. The third-order valence-electron chi connectivity index (χ3n) is 1.72. The number of aromatic hydroxyl groups is 1. The normalized spacial score (nSPS) is 12.1. The van der Waals surface area contributed by atoms with Crippen LogP contribution in [0.2, 0.25) is 0 Å². The van der Waals surface area contributed by atoms with Gasteiger partial charge in [-0.25, -0.2) is 10.7 Å². The van der Waals surface area contributed by atoms with Crippen LogP contribution in [0.4, 0.5) is 0 Å². The Morgan fingerprint density at radius 3 is 2.79 bits per heavy atom. The summed E-state index contributed by atoms with van der Waals surface area (Å²) < 4.78 is 4.47. The van der Waals surface area contributed by atoms with Gasteiger partial charge in [-0.1, -0.05) is 12.1 Å². The lowest BCUT2D eigenvalue weighted by Crippen LogP contribution is -2.20. The molecule has 14 heavy (non-hydrogen) atoms. The highest BCUT2D eigenvalue weighted by molar-refractivity contribution is 5.76. The summed E-state index contributed by atoms with van der Waals surface area (Å²) in [4.78, 5) is 15.6. The highest BCUT2D eigenvalue weighted by Crippen LogP contribution is 2.20. The Morgan fingerprint density at radius 1 is 1.57 bits per heavy atom. The van der Waals surface area contributed by atoms with Gasteiger partial charge in [0.05, 0.1) is 7.11 Å². The van der Waals surface area contributed by atoms with Gasteiger partial charge in [-0.3, -0.25) is 4.84 Å². The van der Waals surface area contributed by atoms with E-state index in [4.69, 9.17) is 11.0 Å². The van der Waals surface area contributed by atoms with Gasteiger partial charge in [0.15, 0.2) is 0 Å². The minimum atomic E-state index is -1.01. The Kier molecular flexibility index (Phi) is 3.44. The number of rotatable bonds is 3. The third-order valence-corrected chi connectivity index (χ3v) is 1.72. The fourth-order valence-corrected chi connectivity index (χ4v) is 1.07. The molecule has 5 heteroatoms. The van der Waals surface area contributed by atoms with Crippen molar-refractivity contribution in [1.82, 2.24) is 0 Å². The van der Waals surface area contributed by atoms with Crippen molar-refractivity contribution in [1.29, 1.82) is 0 Å². The summed E-state index contributed by atoms with van der Waals surface area (Å²) >= 11 is 0. The number of hydrogen-bond donors (Lipinski definition) is 2. The summed E-state index contributed by atoms with van der Waals surface area (Å²) in [6, 6.07) is 6.05. The van der Waals surface area contributed by atoms with Gasteiger partial charge < -0.3 is 9.84 Å². The minimum Gasteiger partial charge on any atom is -0.508 e. The topological polar surface area (TPSA) is 81.8 Å². The standard InChI is InChI=1S/C9H11NO4/c1-13-9(12)8(14-10)6-3-2-4-7(11)5-6/h2-5,8,11H,10H2,1H3. The minimum absolute atomic E-state index is 0.0356. The number of carbonyl (C=O) groups is 1. The number of nitrogens with two attached hydrogens (primary N) is 1. The van der Waals surface area contributed by atoms with Gasteiger partial charge in [0, 0.05) is 0 Å². The first-order valence-electron chi connectivity index (χ1n) is 3.91. The van der Waals surface area contributed by atoms with Crippen LogP contribution in [0, 0.1) is 0 Å². The van der Waals surface area contributed by atoms with E-state index in [0.29, 0.717) is 5.56 Å². The van der Waals surface area contributed by atoms with Crippen LogP contribution in [0.15, 0.2) is 24.3 Å². The second-order valence-electron chi connectivity index (χ2n) is 2.63. The molecule has 1 rings (SSSR count). The van der Waals surface area contributed by atoms with Crippen molar-refractivity contribution < 1.29 is 19.5 Å². The van der Waals surface area contributed by atoms with E-state index in [1.54, 1.807) is 12.1 Å². The van der Waals surface area contributed by atoms with Crippen molar-refractivity contribution in [3.8, 4) is 5.75 Å². The average molecular weight is 197 g/mol. The first-order valence-corrected chi connectivity index (χ1v) is 3.91. The summed E-state index contributed by atoms with van der Waals surface area (Å²) in [5.74, 6) is 4.37. The lowest BCUT2D eigenvalue weighted by atomic mass is 10.1. The van der Waals surface area contributed by atoms with E-state index in [-0.39, 0.29) is 5.75 Å². The molecule has 0 aliphatic heterocycles. The van der Waals surface area contributed by atoms with E-state index < -0.39 is 12.1 Å². The van der Waals surface area contributed by atoms with Crippen LogP contribution in [0.3, 0.4) is 0 Å². The maximum absolute atomic E-state index is 11.1. The molecule has 0 heterocycles. The Hall–Kier alpha value is -1.59. The molecule has 5 nitrogen and oxygen atoms in total. The maximum Gasteiger partial charge on any atom is 0.341 e. The Labute approximate surface area is 81.0 Å². The fraction of sp³-hybridized carbons (Fsp3) is 0.222. The van der Waals surface area contributed by atoms with Gasteiger partial charge in [0.25, 0.3) is 0 Å². The van der Waals surface area contributed by atoms with Gasteiger partial charge in [0.1, 0.15) is 5.75 Å². The molecule has 76 valence electrons. The van der Waals surface area contributed by atoms with Gasteiger partial charge in [-0.05, 0) is 17.7 Å². The molecule has 0 spiro atoms. The van der Waals surface area contributed by atoms with E-state index >= 15 is 0 Å². The highest BCUT2D eigenvalue weighted by atomic mass is 16.6. The lowest BCUT2D eigenvalue weighted by Gasteiger charge is -2.12. The van der Waals surface area contributed by atoms with Crippen LogP contribution < -0.4 is 5.90 Å². The van der Waals surface area contributed by atoms with Crippen LogP contribution >= 0.6 is 0 Å². The smallest absolute Gasteiger partial charge is 0.341 e. The van der Waals surface area contributed by atoms with Gasteiger partial charge in [-0.2, -0.15) is 0 Å². The van der Waals surface area contributed by atoms with E-state index in [2.05, 4.69) is 9.57 Å². The second kappa shape index (κ2) is 4.59. The van der Waals surface area contributed by atoms with Crippen molar-refractivity contribution in [2.24, 2.45) is 5.90 Å². The van der Waals surface area contributed by atoms with E-state index in [9.17, 15) is 4.79 Å². The summed E-state index contributed by atoms with van der Waals surface area (Å²) in [5.41, 5.74) is 0.444. The van der Waals surface area contributed by atoms with Crippen LogP contribution in [0.25, 0.3) is 0 Å². The Morgan fingerprint density at radius 2 is 2.29 bits per heavy atom. The zero-order valence-corrected chi connectivity index (χ0v) is 7.64. The largest absolute Gasteiger partial charge is 0.508 e. The number of phenolic OH excluding ortho intramolecular Hbond substituents is 1. The zero-order valence-electron chi connectivity index (χ0n) is 7.64. The number of phenols is 1. The quantitative estimate of drug-likeness (QED) is 0.544. The molecule has 0 saturated carbocycles. The van der Waals surface area contributed by atoms with Crippen molar-refractivity contribution in [2.45, 2.75) is 6.10 Å². The molecule has 0 fully saturated rings. The first-order chi connectivity index (χ1) is 6.69. The maximum atomic E-state index is 11.1. The number of hydrogen-bond acceptors (Lipinski definition) is 5. The predicted octanol–water partition coefficient (Wildman–Crippen LogP) is 0.497. The third kappa shape index (κ3) is 2.21. The summed E-state index contributed by atoms with van der Waals surface area (Å²) in [6.45, 7) is 0. The van der Waals surface area contributed by atoms with Crippen LogP contribution in [-0.4, -0.2) is 18.2 Å². The summed E-state index contributed by atoms with van der Waals surface area (Å²) in [7, 11) is 1.23. The van der Waals surface area contributed by atoms with Crippen LogP contribution in [-0.2, 0) is 14.4 Å². The molecule has 1 aromatic carbocycles. The molecule has 0 bridgehead atoms. The molecule has 1 atom stereocenters.